The lowest BCUT2D eigenvalue weighted by atomic mass is 9.95. The Labute approximate surface area is 218 Å². The zero-order chi connectivity index (χ0) is 28.1. The van der Waals surface area contributed by atoms with Crippen molar-refractivity contribution < 1.29 is 38.1 Å². The molecule has 1 aromatic heterocycles. The van der Waals surface area contributed by atoms with E-state index in [1.807, 2.05) is 17.8 Å². The van der Waals surface area contributed by atoms with Crippen molar-refractivity contribution in [1.82, 2.24) is 14.6 Å². The number of carbonyl (C=O) groups is 1. The highest BCUT2D eigenvalue weighted by atomic mass is 31.2. The van der Waals surface area contributed by atoms with Crippen molar-refractivity contribution in [3.8, 4) is 18.1 Å². The van der Waals surface area contributed by atoms with Crippen molar-refractivity contribution in [3.63, 3.8) is 0 Å². The van der Waals surface area contributed by atoms with Crippen LogP contribution in [-0.2, 0) is 23.4 Å². The Balaban J connectivity index is 1.83. The number of aromatic amines is 1. The highest BCUT2D eigenvalue weighted by molar-refractivity contribution is 7.52. The summed E-state index contributed by atoms with van der Waals surface area (Å²) in [6.45, 7) is 4.30. The number of hydrogen-bond acceptors (Lipinski definition) is 10. The third-order valence-corrected chi connectivity index (χ3v) is 7.44. The second kappa shape index (κ2) is 12.1. The summed E-state index contributed by atoms with van der Waals surface area (Å²) >= 11 is 0. The molecule has 1 aliphatic heterocycles. The van der Waals surface area contributed by atoms with E-state index < -0.39 is 61.7 Å². The van der Waals surface area contributed by atoms with Crippen LogP contribution in [0.5, 0.6) is 5.75 Å². The summed E-state index contributed by atoms with van der Waals surface area (Å²) in [4.78, 5) is 38.1. The van der Waals surface area contributed by atoms with E-state index in [1.165, 1.54) is 19.1 Å². The first-order chi connectivity index (χ1) is 17.9. The van der Waals surface area contributed by atoms with Crippen molar-refractivity contribution in [3.05, 3.63) is 63.4 Å². The molecule has 206 valence electrons. The lowest BCUT2D eigenvalue weighted by Crippen LogP contribution is -2.48. The average Bonchev–Trinajstić information content (AvgIpc) is 3.13. The number of nitrogens with zero attached hydrogens (tertiary/aromatic N) is 1. The molecule has 7 atom stereocenters. The van der Waals surface area contributed by atoms with Crippen molar-refractivity contribution >= 4 is 13.7 Å². The van der Waals surface area contributed by atoms with Crippen LogP contribution >= 0.6 is 7.75 Å². The van der Waals surface area contributed by atoms with Crippen molar-refractivity contribution in [2.75, 3.05) is 6.61 Å². The lowest BCUT2D eigenvalue weighted by molar-refractivity contribution is -0.150. The molecule has 2 aromatic rings. The van der Waals surface area contributed by atoms with Gasteiger partial charge >= 0.3 is 19.4 Å². The molecule has 0 radical (unpaired) electrons. The maximum atomic E-state index is 13.7. The summed E-state index contributed by atoms with van der Waals surface area (Å²) in [6.07, 6.45) is 1.85. The molecule has 0 bridgehead atoms. The number of benzene rings is 1. The first-order valence-corrected chi connectivity index (χ1v) is 13.3. The predicted octanol–water partition coefficient (Wildman–Crippen LogP) is 0.683. The maximum absolute atomic E-state index is 13.7. The van der Waals surface area contributed by atoms with E-state index in [1.54, 1.807) is 25.1 Å². The Morgan fingerprint density at radius 1 is 1.32 bits per heavy atom. The van der Waals surface area contributed by atoms with Gasteiger partial charge in [0.2, 0.25) is 0 Å². The van der Waals surface area contributed by atoms with E-state index in [9.17, 15) is 29.2 Å². The third-order valence-electron chi connectivity index (χ3n) is 5.79. The van der Waals surface area contributed by atoms with Gasteiger partial charge in [-0.1, -0.05) is 31.0 Å². The van der Waals surface area contributed by atoms with Crippen LogP contribution < -0.4 is 20.9 Å². The minimum Gasteiger partial charge on any atom is -0.462 e. The molecule has 0 saturated carbocycles. The lowest BCUT2D eigenvalue weighted by Gasteiger charge is -2.26. The van der Waals surface area contributed by atoms with Gasteiger partial charge in [0.05, 0.1) is 12.7 Å². The quantitative estimate of drug-likeness (QED) is 0.175. The Kier molecular flexibility index (Phi) is 9.32. The number of para-hydroxylation sites is 1. The number of hydrogen-bond donors (Lipinski definition) is 4. The first kappa shape index (κ1) is 29.3. The monoisotopic (exact) mass is 551 g/mol. The highest BCUT2D eigenvalue weighted by Crippen LogP contribution is 2.46. The molecule has 38 heavy (non-hydrogen) atoms. The number of ether oxygens (including phenoxy) is 2. The number of rotatable bonds is 11. The van der Waals surface area contributed by atoms with Gasteiger partial charge in [0.15, 0.2) is 11.8 Å². The Morgan fingerprint density at radius 2 is 2.00 bits per heavy atom. The number of H-pyrrole nitrogens is 1. The number of aliphatic hydroxyl groups is 2. The summed E-state index contributed by atoms with van der Waals surface area (Å²) < 4.78 is 36.5. The average molecular weight is 551 g/mol. The SMILES string of the molecule is C#C[C@@]1(O)[C@H](O)C(COP(=O)(N[C@@H](C)C(=O)O[C@@H](C)CC)Oc2ccccc2)O[C@H]1n1ccc(=O)[nH]c1=O. The molecule has 1 aromatic carbocycles. The standard InChI is InChI=1S/C24H30N3O10P/c1-5-15(3)35-21(30)16(4)26-38(33,37-17-10-8-7-9-11-17)34-14-18-20(29)24(32,6-2)22(36-18)27-13-12-19(28)25-23(27)31/h2,7-13,15-16,18,20,22,29,32H,5,14H2,1,3-4H3,(H,26,33)(H,25,28,31)/t15-,16-,18?,20+,22+,24+,38?/m0/s1. The van der Waals surface area contributed by atoms with Gasteiger partial charge in [-0.2, -0.15) is 5.09 Å². The molecule has 1 saturated heterocycles. The number of carbonyl (C=O) groups excluding carboxylic acids is 1. The van der Waals surface area contributed by atoms with Gasteiger partial charge in [-0.25, -0.2) is 9.36 Å². The number of aromatic nitrogens is 2. The van der Waals surface area contributed by atoms with Crippen LogP contribution in [0.2, 0.25) is 0 Å². The van der Waals surface area contributed by atoms with Crippen LogP contribution in [0.25, 0.3) is 0 Å². The van der Waals surface area contributed by atoms with E-state index in [2.05, 4.69) is 5.09 Å². The molecule has 14 heteroatoms. The van der Waals surface area contributed by atoms with E-state index in [4.69, 9.17) is 24.9 Å². The number of aliphatic hydroxyl groups excluding tert-OH is 1. The van der Waals surface area contributed by atoms with Gasteiger partial charge in [-0.15, -0.1) is 6.42 Å². The molecule has 0 spiro atoms. The summed E-state index contributed by atoms with van der Waals surface area (Å²) in [7, 11) is -4.33. The van der Waals surface area contributed by atoms with Crippen LogP contribution in [0.3, 0.4) is 0 Å². The molecule has 4 N–H and O–H groups in total. The Morgan fingerprint density at radius 3 is 2.61 bits per heavy atom. The summed E-state index contributed by atoms with van der Waals surface area (Å²) in [5, 5.41) is 24.2. The molecule has 13 nitrogen and oxygen atoms in total. The molecule has 2 heterocycles. The van der Waals surface area contributed by atoms with Crippen molar-refractivity contribution in [1.29, 1.82) is 0 Å². The molecule has 3 rings (SSSR count). The van der Waals surface area contributed by atoms with E-state index in [0.717, 1.165) is 16.8 Å². The number of terminal acetylenes is 1. The van der Waals surface area contributed by atoms with Gasteiger partial charge in [0.25, 0.3) is 5.56 Å². The highest BCUT2D eigenvalue weighted by Gasteiger charge is 2.56. The Hall–Kier alpha value is -3.24. The van der Waals surface area contributed by atoms with Crippen LogP contribution in [-0.4, -0.2) is 62.3 Å². The minimum atomic E-state index is -4.33. The first-order valence-electron chi connectivity index (χ1n) is 11.7. The molecule has 1 fully saturated rings. The molecular formula is C24H30N3O10P. The van der Waals surface area contributed by atoms with Gasteiger partial charge in [-0.05, 0) is 32.4 Å². The zero-order valence-electron chi connectivity index (χ0n) is 21.0. The largest absolute Gasteiger partial charge is 0.462 e. The molecule has 0 amide bonds. The molecule has 0 aliphatic carbocycles. The second-order valence-electron chi connectivity index (χ2n) is 8.66. The fourth-order valence-electron chi connectivity index (χ4n) is 3.51. The zero-order valence-corrected chi connectivity index (χ0v) is 21.9. The van der Waals surface area contributed by atoms with Gasteiger partial charge in [0.1, 0.15) is 24.0 Å². The second-order valence-corrected chi connectivity index (χ2v) is 10.4. The predicted molar refractivity (Wildman–Crippen MR) is 134 cm³/mol. The van der Waals surface area contributed by atoms with Crippen LogP contribution in [0.15, 0.2) is 52.2 Å². The normalized spacial score (nSPS) is 26.1. The van der Waals surface area contributed by atoms with Crippen LogP contribution in [0.4, 0.5) is 0 Å². The topological polar surface area (TPSA) is 178 Å². The van der Waals surface area contributed by atoms with Crippen LogP contribution in [0.1, 0.15) is 33.4 Å². The van der Waals surface area contributed by atoms with Crippen molar-refractivity contribution in [2.24, 2.45) is 0 Å². The van der Waals surface area contributed by atoms with Gasteiger partial charge < -0.3 is 24.2 Å². The number of nitrogens with one attached hydrogen (secondary N) is 2. The smallest absolute Gasteiger partial charge is 0.459 e. The summed E-state index contributed by atoms with van der Waals surface area (Å²) in [5.74, 6) is 1.47. The van der Waals surface area contributed by atoms with E-state index >= 15 is 0 Å². The molecule has 1 aliphatic rings. The van der Waals surface area contributed by atoms with Crippen molar-refractivity contribution in [2.45, 2.75) is 63.4 Å². The van der Waals surface area contributed by atoms with Crippen LogP contribution in [0, 0.1) is 12.3 Å². The summed E-state index contributed by atoms with van der Waals surface area (Å²) in [5.41, 5.74) is -4.06. The molecular weight excluding hydrogens is 521 g/mol. The fourth-order valence-corrected chi connectivity index (χ4v) is 5.01. The maximum Gasteiger partial charge on any atom is 0.459 e. The third kappa shape index (κ3) is 6.60. The van der Waals surface area contributed by atoms with E-state index in [0.29, 0.717) is 6.42 Å². The Bertz CT molecular complexity index is 1320. The molecule has 2 unspecified atom stereocenters. The van der Waals surface area contributed by atoms with Gasteiger partial charge in [-0.3, -0.25) is 23.7 Å². The summed E-state index contributed by atoms with van der Waals surface area (Å²) in [6, 6.07) is 7.87. The fraction of sp³-hybridized carbons (Fsp3) is 0.458. The van der Waals surface area contributed by atoms with E-state index in [-0.39, 0.29) is 11.9 Å². The minimum absolute atomic E-state index is 0.150. The van der Waals surface area contributed by atoms with Gasteiger partial charge in [0, 0.05) is 12.3 Å². The number of esters is 1.